The highest BCUT2D eigenvalue weighted by Gasteiger charge is 2.30. The Morgan fingerprint density at radius 2 is 1.87 bits per heavy atom. The summed E-state index contributed by atoms with van der Waals surface area (Å²) in [5, 5.41) is 13.5. The smallest absolute Gasteiger partial charge is 0.0771 e. The Kier molecular flexibility index (Phi) is 5.62. The Hall–Kier alpha value is -0.0800. The van der Waals surface area contributed by atoms with Crippen LogP contribution in [-0.2, 0) is 0 Å². The molecule has 0 amide bonds. The normalized spacial score (nSPS) is 20.0. The lowest BCUT2D eigenvalue weighted by molar-refractivity contribution is 0.0478. The first-order chi connectivity index (χ1) is 7.12. The van der Waals surface area contributed by atoms with Gasteiger partial charge < -0.3 is 10.4 Å². The second kappa shape index (κ2) is 6.49. The second-order valence-corrected chi connectivity index (χ2v) is 5.50. The fourth-order valence-corrected chi connectivity index (χ4v) is 2.33. The van der Waals surface area contributed by atoms with Crippen molar-refractivity contribution in [3.05, 3.63) is 0 Å². The van der Waals surface area contributed by atoms with E-state index >= 15 is 0 Å². The van der Waals surface area contributed by atoms with E-state index in [9.17, 15) is 5.11 Å². The van der Waals surface area contributed by atoms with Crippen molar-refractivity contribution in [2.45, 2.75) is 64.4 Å². The Bertz CT molecular complexity index is 162. The van der Waals surface area contributed by atoms with E-state index in [1.54, 1.807) is 0 Å². The van der Waals surface area contributed by atoms with E-state index in [4.69, 9.17) is 0 Å². The quantitative estimate of drug-likeness (QED) is 0.637. The summed E-state index contributed by atoms with van der Waals surface area (Å²) in [7, 11) is 0. The van der Waals surface area contributed by atoms with Crippen molar-refractivity contribution in [2.75, 3.05) is 13.1 Å². The third-order valence-electron chi connectivity index (χ3n) is 3.37. The number of unbranched alkanes of at least 4 members (excludes halogenated alkanes) is 1. The fourth-order valence-electron chi connectivity index (χ4n) is 2.33. The maximum atomic E-state index is 10.1. The maximum absolute atomic E-state index is 10.1. The lowest BCUT2D eigenvalue weighted by Crippen LogP contribution is -2.38. The molecule has 1 aliphatic carbocycles. The zero-order valence-electron chi connectivity index (χ0n) is 10.4. The highest BCUT2D eigenvalue weighted by atomic mass is 16.3. The van der Waals surface area contributed by atoms with Gasteiger partial charge in [0.2, 0.25) is 0 Å². The van der Waals surface area contributed by atoms with Crippen LogP contribution >= 0.6 is 0 Å². The molecule has 0 aromatic rings. The van der Waals surface area contributed by atoms with Crippen LogP contribution in [0.25, 0.3) is 0 Å². The Balaban J connectivity index is 1.92. The molecule has 2 heteroatoms. The van der Waals surface area contributed by atoms with Crippen LogP contribution in [-0.4, -0.2) is 23.8 Å². The molecule has 2 N–H and O–H groups in total. The van der Waals surface area contributed by atoms with Crippen molar-refractivity contribution in [1.82, 2.24) is 5.32 Å². The summed E-state index contributed by atoms with van der Waals surface area (Å²) >= 11 is 0. The van der Waals surface area contributed by atoms with Crippen LogP contribution in [0.4, 0.5) is 0 Å². The van der Waals surface area contributed by atoms with Gasteiger partial charge in [-0.25, -0.2) is 0 Å². The van der Waals surface area contributed by atoms with E-state index in [0.29, 0.717) is 0 Å². The van der Waals surface area contributed by atoms with Gasteiger partial charge >= 0.3 is 0 Å². The summed E-state index contributed by atoms with van der Waals surface area (Å²) in [6.45, 7) is 6.41. The largest absolute Gasteiger partial charge is 0.389 e. The van der Waals surface area contributed by atoms with Crippen LogP contribution in [0.2, 0.25) is 0 Å². The fraction of sp³-hybridized carbons (Fsp3) is 1.00. The van der Waals surface area contributed by atoms with Gasteiger partial charge in [0.15, 0.2) is 0 Å². The molecule has 0 aromatic carbocycles. The van der Waals surface area contributed by atoms with Crippen LogP contribution in [0, 0.1) is 5.92 Å². The van der Waals surface area contributed by atoms with E-state index in [2.05, 4.69) is 19.2 Å². The molecule has 0 heterocycles. The molecule has 0 aliphatic heterocycles. The Labute approximate surface area is 94.5 Å². The predicted octanol–water partition coefficient (Wildman–Crippen LogP) is 2.71. The van der Waals surface area contributed by atoms with Gasteiger partial charge in [-0.3, -0.25) is 0 Å². The van der Waals surface area contributed by atoms with Crippen LogP contribution in [0.5, 0.6) is 0 Å². The monoisotopic (exact) mass is 213 g/mol. The van der Waals surface area contributed by atoms with Gasteiger partial charge in [0.1, 0.15) is 0 Å². The van der Waals surface area contributed by atoms with Crippen molar-refractivity contribution < 1.29 is 5.11 Å². The molecule has 0 spiro atoms. The topological polar surface area (TPSA) is 32.3 Å². The van der Waals surface area contributed by atoms with Gasteiger partial charge in [-0.15, -0.1) is 0 Å². The molecular weight excluding hydrogens is 186 g/mol. The highest BCUT2D eigenvalue weighted by molar-refractivity contribution is 4.85. The lowest BCUT2D eigenvalue weighted by atomic mass is 10.0. The highest BCUT2D eigenvalue weighted by Crippen LogP contribution is 2.28. The molecular formula is C13H27NO. The molecule has 1 rings (SSSR count). The van der Waals surface area contributed by atoms with E-state index in [1.165, 1.54) is 32.1 Å². The summed E-state index contributed by atoms with van der Waals surface area (Å²) in [5.41, 5.74) is -0.377. The SMILES string of the molecule is CC(C)CCCCNCC1(O)CCCC1. The van der Waals surface area contributed by atoms with Crippen LogP contribution in [0.15, 0.2) is 0 Å². The average molecular weight is 213 g/mol. The average Bonchev–Trinajstić information content (AvgIpc) is 2.58. The molecule has 0 bridgehead atoms. The molecule has 0 radical (unpaired) electrons. The molecule has 0 atom stereocenters. The Morgan fingerprint density at radius 3 is 2.47 bits per heavy atom. The van der Waals surface area contributed by atoms with E-state index in [1.807, 2.05) is 0 Å². The first-order valence-corrected chi connectivity index (χ1v) is 6.55. The van der Waals surface area contributed by atoms with Crippen LogP contribution in [0.3, 0.4) is 0 Å². The number of nitrogens with one attached hydrogen (secondary N) is 1. The lowest BCUT2D eigenvalue weighted by Gasteiger charge is -2.22. The molecule has 0 saturated heterocycles. The summed E-state index contributed by atoms with van der Waals surface area (Å²) in [6.07, 6.45) is 8.26. The Morgan fingerprint density at radius 1 is 1.20 bits per heavy atom. The molecule has 90 valence electrons. The van der Waals surface area contributed by atoms with Crippen molar-refractivity contribution in [2.24, 2.45) is 5.92 Å². The van der Waals surface area contributed by atoms with E-state index < -0.39 is 0 Å². The number of rotatable bonds is 7. The minimum atomic E-state index is -0.377. The number of hydrogen-bond donors (Lipinski definition) is 2. The number of aliphatic hydroxyl groups is 1. The van der Waals surface area contributed by atoms with Gasteiger partial charge in [-0.05, 0) is 31.7 Å². The molecule has 0 unspecified atom stereocenters. The van der Waals surface area contributed by atoms with Gasteiger partial charge in [-0.2, -0.15) is 0 Å². The standard InChI is InChI=1S/C13H27NO/c1-12(2)7-3-6-10-14-11-13(15)8-4-5-9-13/h12,14-15H,3-11H2,1-2H3. The van der Waals surface area contributed by atoms with Gasteiger partial charge in [-0.1, -0.05) is 39.5 Å². The number of hydrogen-bond acceptors (Lipinski definition) is 2. The third-order valence-corrected chi connectivity index (χ3v) is 3.37. The zero-order chi connectivity index (χ0) is 11.1. The molecule has 0 aromatic heterocycles. The third kappa shape index (κ3) is 5.53. The molecule has 2 nitrogen and oxygen atoms in total. The van der Waals surface area contributed by atoms with Crippen LogP contribution in [0.1, 0.15) is 58.8 Å². The van der Waals surface area contributed by atoms with Crippen molar-refractivity contribution >= 4 is 0 Å². The first kappa shape index (κ1) is 13.0. The summed E-state index contributed by atoms with van der Waals surface area (Å²) in [4.78, 5) is 0. The van der Waals surface area contributed by atoms with Gasteiger partial charge in [0.05, 0.1) is 5.60 Å². The predicted molar refractivity (Wildman–Crippen MR) is 65.0 cm³/mol. The van der Waals surface area contributed by atoms with Crippen molar-refractivity contribution in [3.8, 4) is 0 Å². The minimum Gasteiger partial charge on any atom is -0.389 e. The van der Waals surface area contributed by atoms with Crippen molar-refractivity contribution in [1.29, 1.82) is 0 Å². The molecule has 15 heavy (non-hydrogen) atoms. The minimum absolute atomic E-state index is 0.377. The van der Waals surface area contributed by atoms with Crippen molar-refractivity contribution in [3.63, 3.8) is 0 Å². The van der Waals surface area contributed by atoms with E-state index in [-0.39, 0.29) is 5.60 Å². The van der Waals surface area contributed by atoms with Crippen LogP contribution < -0.4 is 5.32 Å². The second-order valence-electron chi connectivity index (χ2n) is 5.50. The summed E-state index contributed by atoms with van der Waals surface area (Å²) < 4.78 is 0. The maximum Gasteiger partial charge on any atom is 0.0771 e. The first-order valence-electron chi connectivity index (χ1n) is 6.55. The molecule has 1 aliphatic rings. The van der Waals surface area contributed by atoms with Gasteiger partial charge in [0.25, 0.3) is 0 Å². The zero-order valence-corrected chi connectivity index (χ0v) is 10.4. The molecule has 1 saturated carbocycles. The van der Waals surface area contributed by atoms with E-state index in [0.717, 1.165) is 31.8 Å². The van der Waals surface area contributed by atoms with Gasteiger partial charge in [0, 0.05) is 6.54 Å². The summed E-state index contributed by atoms with van der Waals surface area (Å²) in [6, 6.07) is 0. The summed E-state index contributed by atoms with van der Waals surface area (Å²) in [5.74, 6) is 0.823. The molecule has 1 fully saturated rings.